The topological polar surface area (TPSA) is 78.0 Å². The third kappa shape index (κ3) is 6.68. The summed E-state index contributed by atoms with van der Waals surface area (Å²) in [6, 6.07) is 14.2. The first-order valence-electron chi connectivity index (χ1n) is 10.5. The van der Waals surface area contributed by atoms with Crippen LogP contribution in [-0.4, -0.2) is 56.5 Å². The molecule has 1 saturated heterocycles. The van der Waals surface area contributed by atoms with Crippen LogP contribution in [0, 0.1) is 5.82 Å². The molecular weight excluding hydrogens is 397 g/mol. The number of rotatable bonds is 7. The fourth-order valence-electron chi connectivity index (χ4n) is 3.48. The van der Waals surface area contributed by atoms with Crippen LogP contribution in [0.1, 0.15) is 18.4 Å². The number of hydrogen-bond donors (Lipinski definition) is 3. The van der Waals surface area contributed by atoms with E-state index in [0.29, 0.717) is 24.8 Å². The van der Waals surface area contributed by atoms with Crippen molar-refractivity contribution in [1.82, 2.24) is 20.9 Å². The van der Waals surface area contributed by atoms with E-state index in [2.05, 4.69) is 25.8 Å². The largest absolute Gasteiger partial charge is 0.454 e. The Kier molecular flexibility index (Phi) is 8.23. The van der Waals surface area contributed by atoms with E-state index in [1.54, 1.807) is 32.3 Å². The maximum absolute atomic E-state index is 14.0. The van der Waals surface area contributed by atoms with E-state index in [9.17, 15) is 9.18 Å². The highest BCUT2D eigenvalue weighted by Crippen LogP contribution is 2.27. The van der Waals surface area contributed by atoms with Gasteiger partial charge in [-0.25, -0.2) is 4.39 Å². The summed E-state index contributed by atoms with van der Waals surface area (Å²) in [5, 5.41) is 9.43. The van der Waals surface area contributed by atoms with Crippen LogP contribution in [0.4, 0.5) is 4.39 Å². The number of nitrogens with zero attached hydrogens (tertiary/aromatic N) is 2. The maximum atomic E-state index is 14.0. The monoisotopic (exact) mass is 427 g/mol. The van der Waals surface area contributed by atoms with Crippen molar-refractivity contribution in [2.24, 2.45) is 4.99 Å². The Morgan fingerprint density at radius 2 is 1.81 bits per heavy atom. The number of guanidine groups is 1. The number of para-hydroxylation sites is 2. The van der Waals surface area contributed by atoms with Gasteiger partial charge in [-0.3, -0.25) is 14.7 Å². The second-order valence-corrected chi connectivity index (χ2v) is 7.43. The van der Waals surface area contributed by atoms with E-state index >= 15 is 0 Å². The van der Waals surface area contributed by atoms with Gasteiger partial charge in [0.2, 0.25) is 5.91 Å². The molecule has 0 aromatic heterocycles. The Morgan fingerprint density at radius 1 is 1.13 bits per heavy atom. The summed E-state index contributed by atoms with van der Waals surface area (Å²) >= 11 is 0. The van der Waals surface area contributed by atoms with Gasteiger partial charge in [-0.1, -0.05) is 30.3 Å². The SMILES string of the molecule is CN=C(NCc1ccccc1Oc1ccccc1F)NC1CCN(CC(=O)NC)CC1. The smallest absolute Gasteiger partial charge is 0.233 e. The zero-order chi connectivity index (χ0) is 22.1. The van der Waals surface area contributed by atoms with Gasteiger partial charge in [0, 0.05) is 45.3 Å². The van der Waals surface area contributed by atoms with Gasteiger partial charge in [-0.05, 0) is 31.0 Å². The van der Waals surface area contributed by atoms with Gasteiger partial charge in [-0.2, -0.15) is 0 Å². The summed E-state index contributed by atoms with van der Waals surface area (Å²) in [5.41, 5.74) is 0.897. The second kappa shape index (κ2) is 11.3. The predicted octanol–water partition coefficient (Wildman–Crippen LogP) is 2.49. The van der Waals surface area contributed by atoms with Crippen LogP contribution in [0.25, 0.3) is 0 Å². The second-order valence-electron chi connectivity index (χ2n) is 7.43. The molecule has 0 saturated carbocycles. The number of hydrogen-bond acceptors (Lipinski definition) is 4. The Balaban J connectivity index is 1.52. The van der Waals surface area contributed by atoms with Crippen LogP contribution in [0.2, 0.25) is 0 Å². The van der Waals surface area contributed by atoms with Crippen LogP contribution in [0.15, 0.2) is 53.5 Å². The lowest BCUT2D eigenvalue weighted by Gasteiger charge is -2.32. The molecular formula is C23H30FN5O2. The molecule has 8 heteroatoms. The van der Waals surface area contributed by atoms with Crippen LogP contribution < -0.4 is 20.7 Å². The van der Waals surface area contributed by atoms with E-state index in [-0.39, 0.29) is 17.7 Å². The molecule has 0 aliphatic carbocycles. The molecule has 0 atom stereocenters. The third-order valence-corrected chi connectivity index (χ3v) is 5.27. The molecule has 166 valence electrons. The van der Waals surface area contributed by atoms with Crippen molar-refractivity contribution in [3.8, 4) is 11.5 Å². The van der Waals surface area contributed by atoms with Crippen molar-refractivity contribution in [1.29, 1.82) is 0 Å². The molecule has 1 fully saturated rings. The average molecular weight is 428 g/mol. The summed E-state index contributed by atoms with van der Waals surface area (Å²) in [7, 11) is 3.39. The number of piperidine rings is 1. The number of benzene rings is 2. The minimum atomic E-state index is -0.398. The van der Waals surface area contributed by atoms with Gasteiger partial charge < -0.3 is 20.7 Å². The molecule has 2 aromatic carbocycles. The number of halogens is 1. The quantitative estimate of drug-likeness (QED) is 0.468. The number of nitrogens with one attached hydrogen (secondary N) is 3. The zero-order valence-electron chi connectivity index (χ0n) is 18.0. The molecule has 1 aliphatic rings. The molecule has 0 spiro atoms. The van der Waals surface area contributed by atoms with Crippen LogP contribution >= 0.6 is 0 Å². The molecule has 1 amide bonds. The highest BCUT2D eigenvalue weighted by molar-refractivity contribution is 5.80. The molecule has 0 unspecified atom stereocenters. The number of likely N-dealkylation sites (N-methyl/N-ethyl adjacent to an activating group) is 1. The minimum Gasteiger partial charge on any atom is -0.454 e. The summed E-state index contributed by atoms with van der Waals surface area (Å²) in [5.74, 6) is 1.13. The van der Waals surface area contributed by atoms with Gasteiger partial charge in [0.1, 0.15) is 5.75 Å². The van der Waals surface area contributed by atoms with E-state index in [1.165, 1.54) is 6.07 Å². The number of ether oxygens (including phenoxy) is 1. The first kappa shape index (κ1) is 22.6. The third-order valence-electron chi connectivity index (χ3n) is 5.27. The standard InChI is InChI=1S/C23H30FN5O2/c1-25-22(30)16-29-13-11-18(12-14-29)28-23(26-2)27-15-17-7-3-5-9-20(17)31-21-10-6-4-8-19(21)24/h3-10,18H,11-16H2,1-2H3,(H,25,30)(H2,26,27,28). The first-order valence-corrected chi connectivity index (χ1v) is 10.5. The summed E-state index contributed by atoms with van der Waals surface area (Å²) < 4.78 is 19.8. The summed E-state index contributed by atoms with van der Waals surface area (Å²) in [6.07, 6.45) is 1.87. The molecule has 3 N–H and O–H groups in total. The fraction of sp³-hybridized carbons (Fsp3) is 0.391. The summed E-state index contributed by atoms with van der Waals surface area (Å²) in [6.45, 7) is 2.65. The van der Waals surface area contributed by atoms with Crippen LogP contribution in [0.5, 0.6) is 11.5 Å². The van der Waals surface area contributed by atoms with E-state index in [0.717, 1.165) is 31.5 Å². The Labute approximate surface area is 182 Å². The number of likely N-dealkylation sites (tertiary alicyclic amines) is 1. The lowest BCUT2D eigenvalue weighted by Crippen LogP contribution is -2.49. The zero-order valence-corrected chi connectivity index (χ0v) is 18.0. The Hall–Kier alpha value is -3.13. The van der Waals surface area contributed by atoms with Crippen LogP contribution in [0.3, 0.4) is 0 Å². The number of amides is 1. The molecule has 0 radical (unpaired) electrons. The molecule has 1 aliphatic heterocycles. The molecule has 7 nitrogen and oxygen atoms in total. The van der Waals surface area contributed by atoms with E-state index in [4.69, 9.17) is 4.74 Å². The average Bonchev–Trinajstić information content (AvgIpc) is 2.80. The van der Waals surface area contributed by atoms with Crippen LogP contribution in [-0.2, 0) is 11.3 Å². The van der Waals surface area contributed by atoms with Gasteiger partial charge in [0.25, 0.3) is 0 Å². The lowest BCUT2D eigenvalue weighted by molar-refractivity contribution is -0.122. The number of aliphatic imine (C=N–C) groups is 1. The van der Waals surface area contributed by atoms with Crippen molar-refractivity contribution < 1.29 is 13.9 Å². The maximum Gasteiger partial charge on any atom is 0.233 e. The van der Waals surface area contributed by atoms with Crippen molar-refractivity contribution in [2.45, 2.75) is 25.4 Å². The fourth-order valence-corrected chi connectivity index (χ4v) is 3.48. The van der Waals surface area contributed by atoms with E-state index in [1.807, 2.05) is 24.3 Å². The van der Waals surface area contributed by atoms with Crippen molar-refractivity contribution in [2.75, 3.05) is 33.7 Å². The highest BCUT2D eigenvalue weighted by atomic mass is 19.1. The van der Waals surface area contributed by atoms with Gasteiger partial charge in [0.05, 0.1) is 6.54 Å². The molecule has 3 rings (SSSR count). The van der Waals surface area contributed by atoms with Gasteiger partial charge in [-0.15, -0.1) is 0 Å². The van der Waals surface area contributed by atoms with Crippen molar-refractivity contribution in [3.05, 3.63) is 59.9 Å². The Morgan fingerprint density at radius 3 is 2.48 bits per heavy atom. The van der Waals surface area contributed by atoms with Crippen molar-refractivity contribution in [3.63, 3.8) is 0 Å². The minimum absolute atomic E-state index is 0.0418. The first-order chi connectivity index (χ1) is 15.1. The normalized spacial score (nSPS) is 15.4. The number of carbonyl (C=O) groups is 1. The van der Waals surface area contributed by atoms with Crippen molar-refractivity contribution >= 4 is 11.9 Å². The Bertz CT molecular complexity index is 897. The number of carbonyl (C=O) groups excluding carboxylic acids is 1. The molecule has 0 bridgehead atoms. The van der Waals surface area contributed by atoms with E-state index < -0.39 is 5.82 Å². The predicted molar refractivity (Wildman–Crippen MR) is 120 cm³/mol. The van der Waals surface area contributed by atoms with Gasteiger partial charge >= 0.3 is 0 Å². The highest BCUT2D eigenvalue weighted by Gasteiger charge is 2.21. The molecule has 31 heavy (non-hydrogen) atoms. The summed E-state index contributed by atoms with van der Waals surface area (Å²) in [4.78, 5) is 18.0. The molecule has 2 aromatic rings. The van der Waals surface area contributed by atoms with Gasteiger partial charge in [0.15, 0.2) is 17.5 Å². The lowest BCUT2D eigenvalue weighted by atomic mass is 10.1. The molecule has 1 heterocycles.